The van der Waals surface area contributed by atoms with E-state index in [1.165, 1.54) is 5.56 Å². The molecule has 0 radical (unpaired) electrons. The Morgan fingerprint density at radius 1 is 1.04 bits per heavy atom. The Morgan fingerprint density at radius 3 is 2.40 bits per heavy atom. The molecule has 0 spiro atoms. The van der Waals surface area contributed by atoms with Gasteiger partial charge >= 0.3 is 0 Å². The zero-order valence-corrected chi connectivity index (χ0v) is 15.0. The molecular formula is C22H24N2O. The van der Waals surface area contributed by atoms with E-state index >= 15 is 0 Å². The van der Waals surface area contributed by atoms with Crippen LogP contribution in [0, 0.1) is 0 Å². The third-order valence-corrected chi connectivity index (χ3v) is 4.55. The molecule has 1 aromatic heterocycles. The smallest absolute Gasteiger partial charge is 0.119 e. The molecule has 0 N–H and O–H groups in total. The van der Waals surface area contributed by atoms with Crippen molar-refractivity contribution in [2.24, 2.45) is 4.99 Å². The molecular weight excluding hydrogens is 308 g/mol. The summed E-state index contributed by atoms with van der Waals surface area (Å²) in [6, 6.07) is 20.6. The molecule has 0 aliphatic carbocycles. The van der Waals surface area contributed by atoms with Gasteiger partial charge in [-0.15, -0.1) is 0 Å². The average molecular weight is 332 g/mol. The molecule has 3 heteroatoms. The van der Waals surface area contributed by atoms with E-state index in [9.17, 15) is 0 Å². The number of benzene rings is 2. The van der Waals surface area contributed by atoms with Gasteiger partial charge < -0.3 is 9.30 Å². The third kappa shape index (κ3) is 4.00. The highest BCUT2D eigenvalue weighted by Gasteiger charge is 2.03. The number of ether oxygens (including phenoxy) is 1. The Labute approximate surface area is 149 Å². The van der Waals surface area contributed by atoms with E-state index in [4.69, 9.17) is 4.74 Å². The minimum Gasteiger partial charge on any atom is -0.497 e. The number of hydrogen-bond acceptors (Lipinski definition) is 2. The lowest BCUT2D eigenvalue weighted by Crippen LogP contribution is -1.97. The van der Waals surface area contributed by atoms with Crippen molar-refractivity contribution in [2.45, 2.75) is 26.2 Å². The van der Waals surface area contributed by atoms with Crippen LogP contribution in [0.1, 0.15) is 37.4 Å². The van der Waals surface area contributed by atoms with E-state index in [0.717, 1.165) is 29.2 Å². The Balaban J connectivity index is 1.79. The summed E-state index contributed by atoms with van der Waals surface area (Å²) in [6.45, 7) is 4.46. The van der Waals surface area contributed by atoms with E-state index in [1.54, 1.807) is 7.11 Å². The number of hydrogen-bond donors (Lipinski definition) is 0. The molecule has 0 bridgehead atoms. The number of rotatable bonds is 6. The summed E-state index contributed by atoms with van der Waals surface area (Å²) in [5.74, 6) is 1.44. The molecule has 0 saturated heterocycles. The third-order valence-electron chi connectivity index (χ3n) is 4.55. The number of aromatic nitrogens is 1. The molecule has 0 aliphatic heterocycles. The first-order valence-electron chi connectivity index (χ1n) is 8.67. The van der Waals surface area contributed by atoms with Crippen LogP contribution in [0.15, 0.2) is 71.9 Å². The lowest BCUT2D eigenvalue weighted by atomic mass is 9.99. The fraction of sp³-hybridized carbons (Fsp3) is 0.227. The molecule has 2 aromatic carbocycles. The Bertz CT molecular complexity index is 829. The van der Waals surface area contributed by atoms with Crippen LogP contribution in [0.2, 0.25) is 0 Å². The van der Waals surface area contributed by atoms with E-state index in [0.29, 0.717) is 5.92 Å². The summed E-state index contributed by atoms with van der Waals surface area (Å²) >= 11 is 0. The van der Waals surface area contributed by atoms with Gasteiger partial charge in [0.05, 0.1) is 24.7 Å². The molecule has 1 heterocycles. The molecule has 0 aliphatic rings. The monoisotopic (exact) mass is 332 g/mol. The van der Waals surface area contributed by atoms with Crippen molar-refractivity contribution in [1.82, 2.24) is 4.57 Å². The Morgan fingerprint density at radius 2 is 1.76 bits per heavy atom. The number of methoxy groups -OCH3 is 1. The molecule has 0 amide bonds. The van der Waals surface area contributed by atoms with Crippen molar-refractivity contribution >= 4 is 11.9 Å². The second-order valence-electron chi connectivity index (χ2n) is 6.16. The van der Waals surface area contributed by atoms with Crippen molar-refractivity contribution < 1.29 is 4.74 Å². The van der Waals surface area contributed by atoms with Gasteiger partial charge in [-0.25, -0.2) is 0 Å². The summed E-state index contributed by atoms with van der Waals surface area (Å²) in [6.07, 6.45) is 5.09. The molecule has 3 aromatic rings. The van der Waals surface area contributed by atoms with Gasteiger partial charge in [-0.3, -0.25) is 4.99 Å². The van der Waals surface area contributed by atoms with Gasteiger partial charge in [0, 0.05) is 11.9 Å². The maximum absolute atomic E-state index is 5.22. The molecule has 3 nitrogen and oxygen atoms in total. The molecule has 1 unspecified atom stereocenters. The molecule has 0 fully saturated rings. The van der Waals surface area contributed by atoms with E-state index < -0.39 is 0 Å². The fourth-order valence-corrected chi connectivity index (χ4v) is 2.74. The fourth-order valence-electron chi connectivity index (χ4n) is 2.74. The van der Waals surface area contributed by atoms with Crippen molar-refractivity contribution in [3.05, 3.63) is 78.1 Å². The lowest BCUT2D eigenvalue weighted by Gasteiger charge is -2.09. The van der Waals surface area contributed by atoms with Crippen molar-refractivity contribution in [3.63, 3.8) is 0 Å². The maximum Gasteiger partial charge on any atom is 0.119 e. The van der Waals surface area contributed by atoms with Gasteiger partial charge in [0.1, 0.15) is 5.75 Å². The second kappa shape index (κ2) is 7.84. The van der Waals surface area contributed by atoms with Crippen LogP contribution in [0.25, 0.3) is 5.69 Å². The minimum atomic E-state index is 0.588. The molecule has 128 valence electrons. The predicted molar refractivity (Wildman–Crippen MR) is 105 cm³/mol. The van der Waals surface area contributed by atoms with Crippen molar-refractivity contribution in [3.8, 4) is 11.4 Å². The zero-order valence-electron chi connectivity index (χ0n) is 15.0. The highest BCUT2D eigenvalue weighted by molar-refractivity contribution is 5.81. The van der Waals surface area contributed by atoms with Crippen LogP contribution in [0.3, 0.4) is 0 Å². The standard InChI is InChI=1S/C22H24N2O/c1-4-17(2)18-7-9-19(10-8-18)23-16-21-6-5-15-24(21)20-11-13-22(25-3)14-12-20/h5-17H,4H2,1-3H3. The summed E-state index contributed by atoms with van der Waals surface area (Å²) in [7, 11) is 1.68. The van der Waals surface area contributed by atoms with Gasteiger partial charge in [0.15, 0.2) is 0 Å². The quantitative estimate of drug-likeness (QED) is 0.528. The van der Waals surface area contributed by atoms with Crippen LogP contribution in [0.5, 0.6) is 5.75 Å². The van der Waals surface area contributed by atoms with E-state index in [2.05, 4.69) is 53.7 Å². The van der Waals surface area contributed by atoms with Crippen LogP contribution < -0.4 is 4.74 Å². The summed E-state index contributed by atoms with van der Waals surface area (Å²) < 4.78 is 7.33. The lowest BCUT2D eigenvalue weighted by molar-refractivity contribution is 0.415. The largest absolute Gasteiger partial charge is 0.497 e. The highest BCUT2D eigenvalue weighted by atomic mass is 16.5. The summed E-state index contributed by atoms with van der Waals surface area (Å²) in [5, 5.41) is 0. The van der Waals surface area contributed by atoms with E-state index in [1.807, 2.05) is 42.7 Å². The van der Waals surface area contributed by atoms with Gasteiger partial charge in [-0.1, -0.05) is 26.0 Å². The van der Waals surface area contributed by atoms with Crippen LogP contribution in [-0.4, -0.2) is 17.9 Å². The summed E-state index contributed by atoms with van der Waals surface area (Å²) in [4.78, 5) is 4.62. The highest BCUT2D eigenvalue weighted by Crippen LogP contribution is 2.22. The van der Waals surface area contributed by atoms with Crippen molar-refractivity contribution in [1.29, 1.82) is 0 Å². The predicted octanol–water partition coefficient (Wildman–Crippen LogP) is 5.75. The SMILES string of the molecule is CCC(C)c1ccc(N=Cc2cccn2-c2ccc(OC)cc2)cc1. The van der Waals surface area contributed by atoms with Crippen molar-refractivity contribution in [2.75, 3.05) is 7.11 Å². The van der Waals surface area contributed by atoms with Gasteiger partial charge in [0.25, 0.3) is 0 Å². The topological polar surface area (TPSA) is 26.5 Å². The number of aliphatic imine (C=N–C) groups is 1. The molecule has 25 heavy (non-hydrogen) atoms. The first-order valence-corrected chi connectivity index (χ1v) is 8.67. The van der Waals surface area contributed by atoms with Gasteiger partial charge in [-0.2, -0.15) is 0 Å². The number of nitrogens with zero attached hydrogens (tertiary/aromatic N) is 2. The van der Waals surface area contributed by atoms with Crippen LogP contribution in [-0.2, 0) is 0 Å². The zero-order chi connectivity index (χ0) is 17.6. The normalized spacial score (nSPS) is 12.4. The Kier molecular flexibility index (Phi) is 5.34. The maximum atomic E-state index is 5.22. The first kappa shape index (κ1) is 17.0. The van der Waals surface area contributed by atoms with E-state index in [-0.39, 0.29) is 0 Å². The molecule has 0 saturated carbocycles. The summed E-state index contributed by atoms with van der Waals surface area (Å²) in [5.41, 5.74) is 4.45. The van der Waals surface area contributed by atoms with Crippen LogP contribution >= 0.6 is 0 Å². The van der Waals surface area contributed by atoms with Crippen LogP contribution in [0.4, 0.5) is 5.69 Å². The average Bonchev–Trinajstić information content (AvgIpc) is 3.15. The molecule has 3 rings (SSSR count). The van der Waals surface area contributed by atoms with Gasteiger partial charge in [0.2, 0.25) is 0 Å². The molecule has 1 atom stereocenters. The first-order chi connectivity index (χ1) is 12.2. The minimum absolute atomic E-state index is 0.588. The van der Waals surface area contributed by atoms with Gasteiger partial charge in [-0.05, 0) is 66.4 Å². The Hall–Kier alpha value is -2.81. The second-order valence-corrected chi connectivity index (χ2v) is 6.16.